The van der Waals surface area contributed by atoms with Crippen LogP contribution in [0.3, 0.4) is 0 Å². The first-order chi connectivity index (χ1) is 15.1. The van der Waals surface area contributed by atoms with E-state index in [1.54, 1.807) is 12.1 Å². The predicted molar refractivity (Wildman–Crippen MR) is 126 cm³/mol. The summed E-state index contributed by atoms with van der Waals surface area (Å²) in [6.45, 7) is 5.01. The van der Waals surface area contributed by atoms with Crippen LogP contribution in [-0.4, -0.2) is 47.9 Å². The largest absolute Gasteiger partial charge is 0.484 e. The lowest BCUT2D eigenvalue weighted by Gasteiger charge is -2.26. The number of nitrogens with one attached hydrogen (secondary N) is 2. The summed E-state index contributed by atoms with van der Waals surface area (Å²) in [6, 6.07) is 13.4. The van der Waals surface area contributed by atoms with Crippen molar-refractivity contribution in [1.82, 2.24) is 4.90 Å². The van der Waals surface area contributed by atoms with Gasteiger partial charge in [0.05, 0.1) is 0 Å². The number of anilines is 2. The maximum atomic E-state index is 12.5. The predicted octanol–water partition coefficient (Wildman–Crippen LogP) is 3.91. The van der Waals surface area contributed by atoms with Gasteiger partial charge in [-0.2, -0.15) is 11.8 Å². The molecule has 1 saturated heterocycles. The van der Waals surface area contributed by atoms with Crippen LogP contribution in [0.4, 0.5) is 11.4 Å². The quantitative estimate of drug-likeness (QED) is 0.653. The molecule has 2 aliphatic rings. The molecule has 7 heteroatoms. The molecule has 1 heterocycles. The Kier molecular flexibility index (Phi) is 7.14. The first-order valence-electron chi connectivity index (χ1n) is 10.8. The van der Waals surface area contributed by atoms with Crippen LogP contribution in [0, 0.1) is 12.8 Å². The Balaban J connectivity index is 1.30. The summed E-state index contributed by atoms with van der Waals surface area (Å²) >= 11 is 2.00. The molecule has 2 aromatic rings. The van der Waals surface area contributed by atoms with Gasteiger partial charge >= 0.3 is 0 Å². The fourth-order valence-electron chi connectivity index (χ4n) is 3.51. The topological polar surface area (TPSA) is 70.7 Å². The van der Waals surface area contributed by atoms with E-state index in [2.05, 4.69) is 33.7 Å². The number of ether oxygens (including phenoxy) is 1. The summed E-state index contributed by atoms with van der Waals surface area (Å²) in [4.78, 5) is 26.9. The molecule has 4 rings (SSSR count). The van der Waals surface area contributed by atoms with E-state index in [1.165, 1.54) is 17.1 Å². The molecule has 0 unspecified atom stereocenters. The molecule has 0 spiro atoms. The second-order valence-corrected chi connectivity index (χ2v) is 9.39. The van der Waals surface area contributed by atoms with Crippen LogP contribution in [0.5, 0.6) is 5.75 Å². The van der Waals surface area contributed by atoms with Crippen LogP contribution in [0.1, 0.15) is 24.0 Å². The molecule has 31 heavy (non-hydrogen) atoms. The molecule has 0 aromatic heterocycles. The van der Waals surface area contributed by atoms with Crippen molar-refractivity contribution in [2.75, 3.05) is 41.8 Å². The number of hydrogen-bond acceptors (Lipinski definition) is 5. The minimum atomic E-state index is -0.206. The van der Waals surface area contributed by atoms with E-state index in [-0.39, 0.29) is 24.3 Å². The van der Waals surface area contributed by atoms with Gasteiger partial charge in [0.2, 0.25) is 5.91 Å². The summed E-state index contributed by atoms with van der Waals surface area (Å²) in [5.41, 5.74) is 3.74. The van der Waals surface area contributed by atoms with Crippen LogP contribution in [-0.2, 0) is 16.1 Å². The number of hydrogen-bond donors (Lipinski definition) is 2. The first-order valence-corrected chi connectivity index (χ1v) is 12.0. The Bertz CT molecular complexity index is 939. The van der Waals surface area contributed by atoms with Crippen LogP contribution in [0.25, 0.3) is 0 Å². The number of carbonyl (C=O) groups is 2. The molecule has 1 aliphatic heterocycles. The van der Waals surface area contributed by atoms with Crippen molar-refractivity contribution in [2.45, 2.75) is 26.3 Å². The van der Waals surface area contributed by atoms with E-state index in [9.17, 15) is 9.59 Å². The first kappa shape index (κ1) is 21.7. The number of carbonyl (C=O) groups excluding carboxylic acids is 2. The Morgan fingerprint density at radius 2 is 1.90 bits per heavy atom. The van der Waals surface area contributed by atoms with Crippen LogP contribution in [0.15, 0.2) is 42.5 Å². The van der Waals surface area contributed by atoms with Gasteiger partial charge in [-0.3, -0.25) is 14.5 Å². The minimum Gasteiger partial charge on any atom is -0.484 e. The Morgan fingerprint density at radius 1 is 1.10 bits per heavy atom. The number of benzene rings is 2. The van der Waals surface area contributed by atoms with Crippen molar-refractivity contribution >= 4 is 35.0 Å². The average molecular weight is 440 g/mol. The third-order valence-electron chi connectivity index (χ3n) is 5.51. The van der Waals surface area contributed by atoms with Crippen LogP contribution in [0.2, 0.25) is 0 Å². The van der Waals surface area contributed by atoms with E-state index < -0.39 is 0 Å². The van der Waals surface area contributed by atoms with Crippen molar-refractivity contribution in [1.29, 1.82) is 0 Å². The molecular weight excluding hydrogens is 410 g/mol. The maximum absolute atomic E-state index is 12.5. The van der Waals surface area contributed by atoms with Crippen LogP contribution < -0.4 is 15.4 Å². The molecule has 1 saturated carbocycles. The fraction of sp³-hybridized carbons (Fsp3) is 0.417. The van der Waals surface area contributed by atoms with E-state index in [1.807, 2.05) is 30.8 Å². The Hall–Kier alpha value is -2.51. The average Bonchev–Trinajstić information content (AvgIpc) is 3.61. The molecule has 2 amide bonds. The Labute approximate surface area is 187 Å². The molecule has 164 valence electrons. The second-order valence-electron chi connectivity index (χ2n) is 8.17. The van der Waals surface area contributed by atoms with Crippen LogP contribution >= 0.6 is 11.8 Å². The summed E-state index contributed by atoms with van der Waals surface area (Å²) in [5.74, 6) is 2.90. The van der Waals surface area contributed by atoms with E-state index in [0.717, 1.165) is 43.7 Å². The van der Waals surface area contributed by atoms with E-state index >= 15 is 0 Å². The van der Waals surface area contributed by atoms with Gasteiger partial charge in [-0.15, -0.1) is 0 Å². The van der Waals surface area contributed by atoms with Gasteiger partial charge in [0, 0.05) is 54.5 Å². The van der Waals surface area contributed by atoms with E-state index in [4.69, 9.17) is 4.74 Å². The number of amides is 2. The Morgan fingerprint density at radius 3 is 2.68 bits per heavy atom. The van der Waals surface area contributed by atoms with Gasteiger partial charge in [0.25, 0.3) is 5.91 Å². The highest BCUT2D eigenvalue weighted by Gasteiger charge is 2.29. The third kappa shape index (κ3) is 6.48. The van der Waals surface area contributed by atoms with E-state index in [0.29, 0.717) is 11.4 Å². The SMILES string of the molecule is Cc1ccc(CN2CCSCC2)cc1NC(=O)COc1cccc(NC(=O)C2CC2)c1. The number of thioether (sulfide) groups is 1. The smallest absolute Gasteiger partial charge is 0.262 e. The molecule has 0 bridgehead atoms. The monoisotopic (exact) mass is 439 g/mol. The summed E-state index contributed by atoms with van der Waals surface area (Å²) in [5, 5.41) is 5.87. The highest BCUT2D eigenvalue weighted by molar-refractivity contribution is 7.99. The normalized spacial score (nSPS) is 16.5. The summed E-state index contributed by atoms with van der Waals surface area (Å²) in [7, 11) is 0. The molecule has 2 fully saturated rings. The molecule has 0 atom stereocenters. The zero-order valence-corrected chi connectivity index (χ0v) is 18.7. The van der Waals surface area contributed by atoms with Crippen molar-refractivity contribution in [3.63, 3.8) is 0 Å². The van der Waals surface area contributed by atoms with Gasteiger partial charge in [0.1, 0.15) is 5.75 Å². The number of aryl methyl sites for hydroxylation is 1. The molecule has 0 radical (unpaired) electrons. The second kappa shape index (κ2) is 10.2. The lowest BCUT2D eigenvalue weighted by Crippen LogP contribution is -2.32. The lowest BCUT2D eigenvalue weighted by atomic mass is 10.1. The number of rotatable bonds is 8. The summed E-state index contributed by atoms with van der Waals surface area (Å²) < 4.78 is 5.66. The highest BCUT2D eigenvalue weighted by Crippen LogP contribution is 2.30. The van der Waals surface area contributed by atoms with Gasteiger partial charge < -0.3 is 15.4 Å². The van der Waals surface area contributed by atoms with Crippen molar-refractivity contribution < 1.29 is 14.3 Å². The van der Waals surface area contributed by atoms with Crippen molar-refractivity contribution in [3.8, 4) is 5.75 Å². The zero-order valence-electron chi connectivity index (χ0n) is 17.9. The van der Waals surface area contributed by atoms with Gasteiger partial charge in [-0.1, -0.05) is 18.2 Å². The molecule has 6 nitrogen and oxygen atoms in total. The molecular formula is C24H29N3O3S. The van der Waals surface area contributed by atoms with Crippen molar-refractivity contribution in [2.24, 2.45) is 5.92 Å². The molecule has 2 aromatic carbocycles. The van der Waals surface area contributed by atoms with Crippen molar-refractivity contribution in [3.05, 3.63) is 53.6 Å². The van der Waals surface area contributed by atoms with Gasteiger partial charge in [0.15, 0.2) is 6.61 Å². The standard InChI is InChI=1S/C24H29N3O3S/c1-17-5-6-18(15-27-9-11-31-12-10-27)13-22(17)26-23(28)16-30-21-4-2-3-20(14-21)25-24(29)19-7-8-19/h2-6,13-14,19H,7-12,15-16H2,1H3,(H,25,29)(H,26,28). The lowest BCUT2D eigenvalue weighted by molar-refractivity contribution is -0.118. The fourth-order valence-corrected chi connectivity index (χ4v) is 4.49. The van der Waals surface area contributed by atoms with Gasteiger partial charge in [-0.05, 0) is 49.1 Å². The highest BCUT2D eigenvalue weighted by atomic mass is 32.2. The molecule has 1 aliphatic carbocycles. The third-order valence-corrected chi connectivity index (χ3v) is 6.45. The maximum Gasteiger partial charge on any atom is 0.262 e. The zero-order chi connectivity index (χ0) is 21.6. The summed E-state index contributed by atoms with van der Waals surface area (Å²) in [6.07, 6.45) is 1.92. The van der Waals surface area contributed by atoms with Gasteiger partial charge in [-0.25, -0.2) is 0 Å². The minimum absolute atomic E-state index is 0.0496. The number of nitrogens with zero attached hydrogens (tertiary/aromatic N) is 1. The molecule has 2 N–H and O–H groups in total.